The molecule has 0 radical (unpaired) electrons. The molecule has 0 aromatic heterocycles. The van der Waals surface area contributed by atoms with E-state index < -0.39 is 59.4 Å². The average molecular weight is 374 g/mol. The molecule has 2 atom stereocenters. The number of hydrogen-bond donors (Lipinski definition) is 1. The van der Waals surface area contributed by atoms with Gasteiger partial charge in [-0.2, -0.15) is 0 Å². The van der Waals surface area contributed by atoms with Gasteiger partial charge in [-0.15, -0.1) is 0 Å². The van der Waals surface area contributed by atoms with Gasteiger partial charge in [0.1, 0.15) is 6.54 Å². The van der Waals surface area contributed by atoms with Crippen LogP contribution in [0.5, 0.6) is 0 Å². The summed E-state index contributed by atoms with van der Waals surface area (Å²) in [6, 6.07) is 1.92. The maximum atomic E-state index is 14.7. The highest BCUT2D eigenvalue weighted by atomic mass is 19.3. The first-order chi connectivity index (χ1) is 12.1. The van der Waals surface area contributed by atoms with Crippen LogP contribution in [0.4, 0.5) is 23.2 Å². The third-order valence-electron chi connectivity index (χ3n) is 5.15. The fraction of sp³-hybridized carbons (Fsp3) is 0.529. The summed E-state index contributed by atoms with van der Waals surface area (Å²) in [5.74, 6) is -8.47. The Kier molecular flexibility index (Phi) is 4.46. The number of nitrogens with zero attached hydrogens (tertiary/aromatic N) is 1. The van der Waals surface area contributed by atoms with E-state index in [0.29, 0.717) is 0 Å². The first-order valence-electron chi connectivity index (χ1n) is 8.16. The van der Waals surface area contributed by atoms with Crippen molar-refractivity contribution in [1.29, 1.82) is 0 Å². The molecule has 9 heteroatoms. The van der Waals surface area contributed by atoms with Crippen LogP contribution < -0.4 is 10.6 Å². The lowest BCUT2D eigenvalue weighted by Crippen LogP contribution is -2.51. The molecule has 2 amide bonds. The molecule has 1 aliphatic carbocycles. The number of methoxy groups -OCH3 is 1. The number of halogens is 4. The Bertz CT molecular complexity index is 771. The van der Waals surface area contributed by atoms with Gasteiger partial charge in [-0.05, 0) is 25.0 Å². The predicted octanol–water partition coefficient (Wildman–Crippen LogP) is 2.46. The zero-order valence-corrected chi connectivity index (χ0v) is 14.0. The highest BCUT2D eigenvalue weighted by Crippen LogP contribution is 2.54. The van der Waals surface area contributed by atoms with Crippen molar-refractivity contribution in [2.75, 3.05) is 18.6 Å². The van der Waals surface area contributed by atoms with E-state index in [-0.39, 0.29) is 24.9 Å². The Morgan fingerprint density at radius 3 is 2.65 bits per heavy atom. The normalized spacial score (nSPS) is 27.5. The summed E-state index contributed by atoms with van der Waals surface area (Å²) in [5, 5.41) is 0. The molecule has 0 saturated heterocycles. The molecule has 142 valence electrons. The lowest BCUT2D eigenvalue weighted by molar-refractivity contribution is -0.160. The van der Waals surface area contributed by atoms with E-state index in [2.05, 4.69) is 0 Å². The van der Waals surface area contributed by atoms with Crippen molar-refractivity contribution in [3.63, 3.8) is 0 Å². The third-order valence-corrected chi connectivity index (χ3v) is 5.15. The standard InChI is InChI=1S/C17H18F4N2O3/c1-26-17(9-3-2-6-16(20,21)7-9)13-11(5-4-10(18)14(13)19)23(15(17)25)8-12(22)24/h4-5,9H,2-3,6-8H2,1H3,(H2,22,24)/t9?,17-/m1/s1. The summed E-state index contributed by atoms with van der Waals surface area (Å²) in [7, 11) is 1.09. The van der Waals surface area contributed by atoms with E-state index in [1.54, 1.807) is 0 Å². The van der Waals surface area contributed by atoms with Gasteiger partial charge in [0, 0.05) is 25.9 Å². The van der Waals surface area contributed by atoms with Crippen LogP contribution in [0.15, 0.2) is 12.1 Å². The molecule has 1 saturated carbocycles. The Labute approximate surface area is 147 Å². The second-order valence-corrected chi connectivity index (χ2v) is 6.70. The third kappa shape index (κ3) is 2.65. The van der Waals surface area contributed by atoms with Crippen molar-refractivity contribution in [3.8, 4) is 0 Å². The molecule has 2 aliphatic rings. The number of benzene rings is 1. The molecule has 1 unspecified atom stereocenters. The zero-order valence-electron chi connectivity index (χ0n) is 14.0. The van der Waals surface area contributed by atoms with Gasteiger partial charge in [-0.3, -0.25) is 14.5 Å². The molecule has 3 rings (SSSR count). The number of hydrogen-bond acceptors (Lipinski definition) is 3. The van der Waals surface area contributed by atoms with Crippen LogP contribution in [-0.2, 0) is 19.9 Å². The molecular formula is C17H18F4N2O3. The van der Waals surface area contributed by atoms with Gasteiger partial charge in [0.15, 0.2) is 17.2 Å². The van der Waals surface area contributed by atoms with Gasteiger partial charge < -0.3 is 10.5 Å². The summed E-state index contributed by atoms with van der Waals surface area (Å²) >= 11 is 0. The lowest BCUT2D eigenvalue weighted by atomic mass is 9.72. The van der Waals surface area contributed by atoms with Crippen molar-refractivity contribution in [2.24, 2.45) is 11.7 Å². The van der Waals surface area contributed by atoms with Gasteiger partial charge in [-0.1, -0.05) is 0 Å². The number of fused-ring (bicyclic) bond motifs is 1. The van der Waals surface area contributed by atoms with Crippen molar-refractivity contribution in [3.05, 3.63) is 29.3 Å². The van der Waals surface area contributed by atoms with E-state index in [1.165, 1.54) is 0 Å². The summed E-state index contributed by atoms with van der Waals surface area (Å²) in [6.45, 7) is -0.592. The number of nitrogens with two attached hydrogens (primary N) is 1. The van der Waals surface area contributed by atoms with E-state index in [9.17, 15) is 27.2 Å². The fourth-order valence-electron chi connectivity index (χ4n) is 4.10. The van der Waals surface area contributed by atoms with Crippen molar-refractivity contribution >= 4 is 17.5 Å². The van der Waals surface area contributed by atoms with Gasteiger partial charge in [0.25, 0.3) is 5.91 Å². The van der Waals surface area contributed by atoms with Gasteiger partial charge in [0.05, 0.1) is 11.3 Å². The molecule has 26 heavy (non-hydrogen) atoms. The van der Waals surface area contributed by atoms with Crippen LogP contribution in [-0.4, -0.2) is 31.4 Å². The maximum absolute atomic E-state index is 14.7. The first-order valence-corrected chi connectivity index (χ1v) is 8.16. The molecule has 1 aromatic rings. The van der Waals surface area contributed by atoms with E-state index in [0.717, 1.165) is 24.1 Å². The molecule has 1 aliphatic heterocycles. The Balaban J connectivity index is 2.21. The number of carbonyl (C=O) groups excluding carboxylic acids is 2. The predicted molar refractivity (Wildman–Crippen MR) is 83.5 cm³/mol. The summed E-state index contributed by atoms with van der Waals surface area (Å²) in [4.78, 5) is 25.3. The highest BCUT2D eigenvalue weighted by Gasteiger charge is 2.60. The van der Waals surface area contributed by atoms with E-state index in [4.69, 9.17) is 10.5 Å². The first kappa shape index (κ1) is 18.6. The Morgan fingerprint density at radius 1 is 1.38 bits per heavy atom. The number of ether oxygens (including phenoxy) is 1. The van der Waals surface area contributed by atoms with Crippen LogP contribution in [0, 0.1) is 17.6 Å². The molecular weight excluding hydrogens is 356 g/mol. The molecule has 1 aromatic carbocycles. The molecule has 0 spiro atoms. The smallest absolute Gasteiger partial charge is 0.264 e. The van der Waals surface area contributed by atoms with Gasteiger partial charge in [-0.25, -0.2) is 17.6 Å². The quantitative estimate of drug-likeness (QED) is 0.823. The van der Waals surface area contributed by atoms with E-state index >= 15 is 0 Å². The molecule has 5 nitrogen and oxygen atoms in total. The number of primary amides is 1. The van der Waals surface area contributed by atoms with Gasteiger partial charge >= 0.3 is 0 Å². The summed E-state index contributed by atoms with van der Waals surface area (Å²) in [6.07, 6.45) is -0.763. The number of anilines is 1. The minimum atomic E-state index is -3.05. The second-order valence-electron chi connectivity index (χ2n) is 6.70. The lowest BCUT2D eigenvalue weighted by Gasteiger charge is -2.40. The number of rotatable bonds is 4. The van der Waals surface area contributed by atoms with Crippen LogP contribution in [0.2, 0.25) is 0 Å². The van der Waals surface area contributed by atoms with Crippen LogP contribution in [0.25, 0.3) is 0 Å². The number of alkyl halides is 2. The highest BCUT2D eigenvalue weighted by molar-refractivity contribution is 6.10. The molecule has 2 N–H and O–H groups in total. The van der Waals surface area contributed by atoms with Crippen molar-refractivity contribution in [1.82, 2.24) is 0 Å². The minimum Gasteiger partial charge on any atom is -0.368 e. The van der Waals surface area contributed by atoms with Gasteiger partial charge in [0.2, 0.25) is 11.8 Å². The van der Waals surface area contributed by atoms with Crippen LogP contribution in [0.1, 0.15) is 31.2 Å². The summed E-state index contributed by atoms with van der Waals surface area (Å²) < 4.78 is 61.9. The topological polar surface area (TPSA) is 72.6 Å². The van der Waals surface area contributed by atoms with Crippen molar-refractivity contribution in [2.45, 2.75) is 37.2 Å². The molecule has 1 fully saturated rings. The van der Waals surface area contributed by atoms with Crippen LogP contribution >= 0.6 is 0 Å². The van der Waals surface area contributed by atoms with Crippen molar-refractivity contribution < 1.29 is 31.9 Å². The molecule has 1 heterocycles. The average Bonchev–Trinajstić information content (AvgIpc) is 2.79. The number of carbonyl (C=O) groups is 2. The Hall–Kier alpha value is -2.16. The van der Waals surface area contributed by atoms with Crippen LogP contribution in [0.3, 0.4) is 0 Å². The van der Waals surface area contributed by atoms with E-state index in [1.807, 2.05) is 0 Å². The monoisotopic (exact) mass is 374 g/mol. The SMILES string of the molecule is CO[C@@]1(C2CCCC(F)(F)C2)C(=O)N(CC(N)=O)c2ccc(F)c(F)c21. The fourth-order valence-corrected chi connectivity index (χ4v) is 4.10. The molecule has 0 bridgehead atoms. The second kappa shape index (κ2) is 6.22. The zero-order chi connectivity index (χ0) is 19.3. The summed E-state index contributed by atoms with van der Waals surface area (Å²) in [5.41, 5.74) is 2.48. The Morgan fingerprint density at radius 2 is 2.08 bits per heavy atom. The largest absolute Gasteiger partial charge is 0.368 e. The minimum absolute atomic E-state index is 0.0940. The maximum Gasteiger partial charge on any atom is 0.264 e. The number of amides is 2.